The van der Waals surface area contributed by atoms with Gasteiger partial charge in [0.25, 0.3) is 0 Å². The van der Waals surface area contributed by atoms with Crippen LogP contribution in [0, 0.1) is 5.82 Å². The molecule has 2 aromatic rings. The molecule has 0 aromatic heterocycles. The molecular weight excluding hydrogens is 488 g/mol. The molecule has 2 aromatic carbocycles. The van der Waals surface area contributed by atoms with Crippen molar-refractivity contribution in [2.75, 3.05) is 27.8 Å². The average molecular weight is 517 g/mol. The predicted octanol–water partition coefficient (Wildman–Crippen LogP) is 4.15. The number of hydrogen-bond acceptors (Lipinski definition) is 4. The van der Waals surface area contributed by atoms with Crippen molar-refractivity contribution in [3.63, 3.8) is 0 Å². The summed E-state index contributed by atoms with van der Waals surface area (Å²) in [6.45, 7) is 4.44. The number of halogens is 2. The summed E-state index contributed by atoms with van der Waals surface area (Å²) in [5.41, 5.74) is 0.793. The monoisotopic (exact) mass is 517 g/mol. The van der Waals surface area contributed by atoms with Crippen molar-refractivity contribution in [1.29, 1.82) is 0 Å². The Labute approximate surface area is 188 Å². The van der Waals surface area contributed by atoms with Crippen LogP contribution in [0.5, 0.6) is 17.2 Å². The van der Waals surface area contributed by atoms with Crippen LogP contribution in [0.25, 0.3) is 0 Å². The lowest BCUT2D eigenvalue weighted by atomic mass is 10.1. The van der Waals surface area contributed by atoms with Crippen molar-refractivity contribution in [2.24, 2.45) is 4.99 Å². The Kier molecular flexibility index (Phi) is 10.6. The molecule has 0 heterocycles. The average Bonchev–Trinajstić information content (AvgIpc) is 2.70. The quantitative estimate of drug-likeness (QED) is 0.313. The molecule has 0 saturated heterocycles. The van der Waals surface area contributed by atoms with E-state index >= 15 is 0 Å². The minimum absolute atomic E-state index is 0. The first-order chi connectivity index (χ1) is 13.5. The number of benzene rings is 2. The third-order valence-electron chi connectivity index (χ3n) is 4.19. The lowest BCUT2D eigenvalue weighted by molar-refractivity contribution is 0.223. The van der Waals surface area contributed by atoms with E-state index in [0.29, 0.717) is 12.5 Å². The SMILES string of the molecule is CN=C(NCC(C)Oc1cccc(OC)c1)NC(C)c1ccc(OC)c(F)c1.I. The second-order valence-electron chi connectivity index (χ2n) is 6.32. The van der Waals surface area contributed by atoms with Gasteiger partial charge in [-0.1, -0.05) is 12.1 Å². The first-order valence-corrected chi connectivity index (χ1v) is 9.08. The molecule has 2 unspecified atom stereocenters. The zero-order chi connectivity index (χ0) is 20.5. The highest BCUT2D eigenvalue weighted by Crippen LogP contribution is 2.22. The standard InChI is InChI=1S/C21H28FN3O3.HI/c1-14(28-18-8-6-7-17(12-18)26-4)13-24-21(23-3)25-15(2)16-9-10-20(27-5)19(22)11-16;/h6-12,14-15H,13H2,1-5H3,(H2,23,24,25);1H. The molecule has 0 aliphatic rings. The van der Waals surface area contributed by atoms with E-state index in [2.05, 4.69) is 15.6 Å². The van der Waals surface area contributed by atoms with E-state index in [4.69, 9.17) is 14.2 Å². The van der Waals surface area contributed by atoms with Crippen LogP contribution in [0.2, 0.25) is 0 Å². The molecule has 160 valence electrons. The van der Waals surface area contributed by atoms with Gasteiger partial charge in [0.05, 0.1) is 26.8 Å². The van der Waals surface area contributed by atoms with Crippen LogP contribution < -0.4 is 24.8 Å². The number of hydrogen-bond donors (Lipinski definition) is 2. The van der Waals surface area contributed by atoms with Crippen LogP contribution in [0.1, 0.15) is 25.5 Å². The molecule has 2 N–H and O–H groups in total. The number of guanidine groups is 1. The molecule has 29 heavy (non-hydrogen) atoms. The third kappa shape index (κ3) is 7.60. The summed E-state index contributed by atoms with van der Waals surface area (Å²) < 4.78 is 30.0. The van der Waals surface area contributed by atoms with Gasteiger partial charge in [-0.15, -0.1) is 24.0 Å². The molecule has 0 fully saturated rings. The highest BCUT2D eigenvalue weighted by Gasteiger charge is 2.12. The fourth-order valence-electron chi connectivity index (χ4n) is 2.62. The Hall–Kier alpha value is -2.23. The van der Waals surface area contributed by atoms with Gasteiger partial charge >= 0.3 is 0 Å². The van der Waals surface area contributed by atoms with Crippen LogP contribution in [0.3, 0.4) is 0 Å². The van der Waals surface area contributed by atoms with Gasteiger partial charge in [0, 0.05) is 13.1 Å². The van der Waals surface area contributed by atoms with E-state index in [1.165, 1.54) is 13.2 Å². The Morgan fingerprint density at radius 2 is 1.79 bits per heavy atom. The number of nitrogens with zero attached hydrogens (tertiary/aromatic N) is 1. The lowest BCUT2D eigenvalue weighted by Crippen LogP contribution is -2.42. The summed E-state index contributed by atoms with van der Waals surface area (Å²) in [7, 11) is 4.75. The second-order valence-corrected chi connectivity index (χ2v) is 6.32. The molecule has 0 aliphatic heterocycles. The van der Waals surface area contributed by atoms with Gasteiger partial charge in [-0.2, -0.15) is 0 Å². The molecular formula is C21H29FIN3O3. The van der Waals surface area contributed by atoms with Crippen molar-refractivity contribution in [2.45, 2.75) is 26.0 Å². The maximum absolute atomic E-state index is 13.9. The molecule has 2 atom stereocenters. The van der Waals surface area contributed by atoms with E-state index in [0.717, 1.165) is 17.1 Å². The number of aliphatic imine (C=N–C) groups is 1. The Morgan fingerprint density at radius 3 is 2.41 bits per heavy atom. The molecule has 8 heteroatoms. The largest absolute Gasteiger partial charge is 0.497 e. The van der Waals surface area contributed by atoms with Crippen LogP contribution in [-0.2, 0) is 0 Å². The van der Waals surface area contributed by atoms with E-state index < -0.39 is 5.82 Å². The second kappa shape index (κ2) is 12.4. The highest BCUT2D eigenvalue weighted by molar-refractivity contribution is 14.0. The van der Waals surface area contributed by atoms with Gasteiger partial charge in [0.1, 0.15) is 17.6 Å². The first kappa shape index (κ1) is 24.8. The zero-order valence-corrected chi connectivity index (χ0v) is 19.7. The zero-order valence-electron chi connectivity index (χ0n) is 17.4. The van der Waals surface area contributed by atoms with Crippen LogP contribution in [0.4, 0.5) is 4.39 Å². The summed E-state index contributed by atoms with van der Waals surface area (Å²) in [5, 5.41) is 6.46. The minimum atomic E-state index is -0.392. The fourth-order valence-corrected chi connectivity index (χ4v) is 2.62. The van der Waals surface area contributed by atoms with Gasteiger partial charge in [-0.25, -0.2) is 4.39 Å². The van der Waals surface area contributed by atoms with Gasteiger partial charge in [0.2, 0.25) is 0 Å². The van der Waals surface area contributed by atoms with Gasteiger partial charge < -0.3 is 24.8 Å². The summed E-state index contributed by atoms with van der Waals surface area (Å²) >= 11 is 0. The highest BCUT2D eigenvalue weighted by atomic mass is 127. The van der Waals surface area contributed by atoms with E-state index in [-0.39, 0.29) is 41.9 Å². The first-order valence-electron chi connectivity index (χ1n) is 9.08. The number of nitrogens with one attached hydrogen (secondary N) is 2. The van der Waals surface area contributed by atoms with E-state index in [1.807, 2.05) is 44.2 Å². The number of methoxy groups -OCH3 is 2. The molecule has 0 saturated carbocycles. The molecule has 0 radical (unpaired) electrons. The van der Waals surface area contributed by atoms with Gasteiger partial charge in [-0.3, -0.25) is 4.99 Å². The van der Waals surface area contributed by atoms with Crippen molar-refractivity contribution in [3.8, 4) is 17.2 Å². The Bertz CT molecular complexity index is 804. The maximum Gasteiger partial charge on any atom is 0.191 e. The predicted molar refractivity (Wildman–Crippen MR) is 124 cm³/mol. The van der Waals surface area contributed by atoms with E-state index in [1.54, 1.807) is 20.2 Å². The van der Waals surface area contributed by atoms with Crippen LogP contribution >= 0.6 is 24.0 Å². The Balaban J connectivity index is 0.00000420. The summed E-state index contributed by atoms with van der Waals surface area (Å²) in [6.07, 6.45) is -0.0978. The van der Waals surface area contributed by atoms with Crippen molar-refractivity contribution in [3.05, 3.63) is 53.8 Å². The molecule has 0 spiro atoms. The number of rotatable bonds is 8. The van der Waals surface area contributed by atoms with Crippen molar-refractivity contribution >= 4 is 29.9 Å². The number of ether oxygens (including phenoxy) is 3. The minimum Gasteiger partial charge on any atom is -0.497 e. The van der Waals surface area contributed by atoms with Crippen molar-refractivity contribution in [1.82, 2.24) is 10.6 Å². The van der Waals surface area contributed by atoms with Gasteiger partial charge in [0.15, 0.2) is 17.5 Å². The van der Waals surface area contributed by atoms with Crippen molar-refractivity contribution < 1.29 is 18.6 Å². The smallest absolute Gasteiger partial charge is 0.191 e. The molecule has 0 aliphatic carbocycles. The van der Waals surface area contributed by atoms with E-state index in [9.17, 15) is 4.39 Å². The van der Waals surface area contributed by atoms with Gasteiger partial charge in [-0.05, 0) is 43.7 Å². The fraction of sp³-hybridized carbons (Fsp3) is 0.381. The van der Waals surface area contributed by atoms with Crippen LogP contribution in [0.15, 0.2) is 47.5 Å². The molecule has 6 nitrogen and oxygen atoms in total. The Morgan fingerprint density at radius 1 is 1.07 bits per heavy atom. The summed E-state index contributed by atoms with van der Waals surface area (Å²) in [4.78, 5) is 4.22. The topological polar surface area (TPSA) is 64.1 Å². The maximum atomic E-state index is 13.9. The lowest BCUT2D eigenvalue weighted by Gasteiger charge is -2.21. The normalized spacial score (nSPS) is 13.0. The molecule has 0 bridgehead atoms. The molecule has 0 amide bonds. The van der Waals surface area contributed by atoms with Crippen LogP contribution in [-0.4, -0.2) is 39.9 Å². The third-order valence-corrected chi connectivity index (χ3v) is 4.19. The molecule has 2 rings (SSSR count). The summed E-state index contributed by atoms with van der Waals surface area (Å²) in [5.74, 6) is 1.91. The summed E-state index contributed by atoms with van der Waals surface area (Å²) in [6, 6.07) is 12.2.